The Hall–Kier alpha value is -2.34. The predicted octanol–water partition coefficient (Wildman–Crippen LogP) is 3.26. The minimum Gasteiger partial charge on any atom is -0.496 e. The molecule has 1 heterocycles. The van der Waals surface area contributed by atoms with Gasteiger partial charge in [0.25, 0.3) is 11.8 Å². The fraction of sp³-hybridized carbons (Fsp3) is 0.176. The third-order valence-electron chi connectivity index (χ3n) is 3.76. The van der Waals surface area contributed by atoms with Crippen LogP contribution >= 0.6 is 15.9 Å². The second-order valence-electron chi connectivity index (χ2n) is 5.04. The van der Waals surface area contributed by atoms with Gasteiger partial charge in [0.2, 0.25) is 0 Å². The molecule has 0 N–H and O–H groups in total. The van der Waals surface area contributed by atoms with Crippen molar-refractivity contribution in [2.75, 3.05) is 14.2 Å². The number of hydrogen-bond donors (Lipinski definition) is 0. The van der Waals surface area contributed by atoms with Crippen LogP contribution in [0, 0.1) is 0 Å². The molecule has 23 heavy (non-hydrogen) atoms. The number of methoxy groups -OCH3 is 2. The minimum absolute atomic E-state index is 0.124. The molecular formula is C17H14BrNO4. The molecule has 1 aliphatic rings. The third-order valence-corrected chi connectivity index (χ3v) is 4.38. The molecular weight excluding hydrogens is 362 g/mol. The third kappa shape index (κ3) is 2.59. The number of carbonyl (C=O) groups excluding carboxylic acids is 2. The van der Waals surface area contributed by atoms with Crippen LogP contribution in [0.5, 0.6) is 11.5 Å². The van der Waals surface area contributed by atoms with Crippen LogP contribution in [0.3, 0.4) is 0 Å². The summed E-state index contributed by atoms with van der Waals surface area (Å²) < 4.78 is 11.4. The van der Waals surface area contributed by atoms with E-state index < -0.39 is 0 Å². The van der Waals surface area contributed by atoms with Crippen LogP contribution < -0.4 is 9.47 Å². The predicted molar refractivity (Wildman–Crippen MR) is 87.9 cm³/mol. The first-order valence-corrected chi connectivity index (χ1v) is 7.71. The average molecular weight is 376 g/mol. The van der Waals surface area contributed by atoms with Crippen LogP contribution in [0.15, 0.2) is 40.9 Å². The van der Waals surface area contributed by atoms with Gasteiger partial charge in [-0.2, -0.15) is 0 Å². The van der Waals surface area contributed by atoms with E-state index in [1.807, 2.05) is 0 Å². The molecule has 2 amide bonds. The van der Waals surface area contributed by atoms with E-state index in [-0.39, 0.29) is 18.4 Å². The van der Waals surface area contributed by atoms with Gasteiger partial charge in [-0.25, -0.2) is 0 Å². The van der Waals surface area contributed by atoms with E-state index in [1.54, 1.807) is 50.6 Å². The Bertz CT molecular complexity index is 768. The highest BCUT2D eigenvalue weighted by Gasteiger charge is 2.35. The molecule has 5 nitrogen and oxygen atoms in total. The number of halogens is 1. The summed E-state index contributed by atoms with van der Waals surface area (Å²) in [7, 11) is 3.10. The maximum Gasteiger partial charge on any atom is 0.261 e. The number of carbonyl (C=O) groups is 2. The molecule has 2 aromatic rings. The molecule has 0 unspecified atom stereocenters. The number of rotatable bonds is 4. The molecule has 0 fully saturated rings. The first-order valence-electron chi connectivity index (χ1n) is 6.92. The summed E-state index contributed by atoms with van der Waals surface area (Å²) in [5.41, 5.74) is 1.56. The Balaban J connectivity index is 1.97. The van der Waals surface area contributed by atoms with Gasteiger partial charge in [-0.05, 0) is 40.2 Å². The maximum atomic E-state index is 12.5. The summed E-state index contributed by atoms with van der Waals surface area (Å²) in [4.78, 5) is 26.1. The Labute approximate surface area is 141 Å². The average Bonchev–Trinajstić information content (AvgIpc) is 2.81. The fourth-order valence-corrected chi connectivity index (χ4v) is 3.08. The lowest BCUT2D eigenvalue weighted by atomic mass is 10.1. The van der Waals surface area contributed by atoms with E-state index in [0.29, 0.717) is 28.2 Å². The van der Waals surface area contributed by atoms with Crippen molar-refractivity contribution >= 4 is 27.7 Å². The summed E-state index contributed by atoms with van der Waals surface area (Å²) in [6, 6.07) is 10.3. The van der Waals surface area contributed by atoms with Crippen LogP contribution in [0.2, 0.25) is 0 Å². The zero-order valence-corrected chi connectivity index (χ0v) is 14.2. The van der Waals surface area contributed by atoms with E-state index in [9.17, 15) is 9.59 Å². The van der Waals surface area contributed by atoms with Crippen LogP contribution in [-0.4, -0.2) is 30.9 Å². The lowest BCUT2D eigenvalue weighted by molar-refractivity contribution is 0.0641. The monoisotopic (exact) mass is 375 g/mol. The molecule has 0 aromatic heterocycles. The standard InChI is InChI=1S/C17H14BrNO4/c1-22-14-8-13(18)15(23-2)7-10(14)9-19-16(20)11-5-3-4-6-12(11)17(19)21/h3-8H,9H2,1-2H3. The molecule has 0 saturated heterocycles. The van der Waals surface area contributed by atoms with E-state index in [0.717, 1.165) is 4.47 Å². The van der Waals surface area contributed by atoms with Crippen molar-refractivity contribution in [3.63, 3.8) is 0 Å². The van der Waals surface area contributed by atoms with Gasteiger partial charge in [-0.1, -0.05) is 12.1 Å². The molecule has 0 aliphatic carbocycles. The molecule has 0 spiro atoms. The summed E-state index contributed by atoms with van der Waals surface area (Å²) in [5, 5.41) is 0. The summed E-state index contributed by atoms with van der Waals surface area (Å²) in [6.45, 7) is 0.124. The van der Waals surface area contributed by atoms with Gasteiger partial charge in [-0.3, -0.25) is 14.5 Å². The van der Waals surface area contributed by atoms with E-state index in [2.05, 4.69) is 15.9 Å². The second kappa shape index (κ2) is 6.04. The number of fused-ring (bicyclic) bond motifs is 1. The summed E-state index contributed by atoms with van der Waals surface area (Å²) in [6.07, 6.45) is 0. The van der Waals surface area contributed by atoms with Crippen molar-refractivity contribution in [3.8, 4) is 11.5 Å². The molecule has 1 aliphatic heterocycles. The zero-order chi connectivity index (χ0) is 16.6. The summed E-state index contributed by atoms with van der Waals surface area (Å²) >= 11 is 3.39. The highest BCUT2D eigenvalue weighted by Crippen LogP contribution is 2.34. The van der Waals surface area contributed by atoms with Crippen LogP contribution in [0.25, 0.3) is 0 Å². The number of ether oxygens (including phenoxy) is 2. The van der Waals surface area contributed by atoms with Crippen molar-refractivity contribution in [2.45, 2.75) is 6.54 Å². The molecule has 118 valence electrons. The highest BCUT2D eigenvalue weighted by molar-refractivity contribution is 9.10. The Morgan fingerprint density at radius 1 is 0.957 bits per heavy atom. The minimum atomic E-state index is -0.297. The topological polar surface area (TPSA) is 55.8 Å². The highest BCUT2D eigenvalue weighted by atomic mass is 79.9. The Morgan fingerprint density at radius 3 is 2.04 bits per heavy atom. The van der Waals surface area contributed by atoms with Crippen molar-refractivity contribution in [2.24, 2.45) is 0 Å². The van der Waals surface area contributed by atoms with E-state index >= 15 is 0 Å². The lowest BCUT2D eigenvalue weighted by Crippen LogP contribution is -2.29. The first kappa shape index (κ1) is 15.6. The van der Waals surface area contributed by atoms with Gasteiger partial charge in [0.05, 0.1) is 36.4 Å². The molecule has 2 aromatic carbocycles. The fourth-order valence-electron chi connectivity index (χ4n) is 2.60. The van der Waals surface area contributed by atoms with Gasteiger partial charge in [0.1, 0.15) is 11.5 Å². The molecule has 3 rings (SSSR count). The van der Waals surface area contributed by atoms with Crippen molar-refractivity contribution in [1.82, 2.24) is 4.90 Å². The Morgan fingerprint density at radius 2 is 1.52 bits per heavy atom. The van der Waals surface area contributed by atoms with Crippen LogP contribution in [0.4, 0.5) is 0 Å². The largest absolute Gasteiger partial charge is 0.496 e. The molecule has 0 bridgehead atoms. The number of benzene rings is 2. The lowest BCUT2D eigenvalue weighted by Gasteiger charge is -2.17. The van der Waals surface area contributed by atoms with Gasteiger partial charge in [0, 0.05) is 5.56 Å². The van der Waals surface area contributed by atoms with Crippen molar-refractivity contribution < 1.29 is 19.1 Å². The second-order valence-corrected chi connectivity index (χ2v) is 5.89. The SMILES string of the molecule is COc1cc(CN2C(=O)c3ccccc3C2=O)c(OC)cc1Br. The number of imide groups is 1. The van der Waals surface area contributed by atoms with Crippen molar-refractivity contribution in [1.29, 1.82) is 0 Å². The van der Waals surface area contributed by atoms with Crippen LogP contribution in [0.1, 0.15) is 26.3 Å². The molecule has 0 atom stereocenters. The normalized spacial score (nSPS) is 13.3. The van der Waals surface area contributed by atoms with E-state index in [1.165, 1.54) is 4.90 Å². The van der Waals surface area contributed by atoms with Gasteiger partial charge >= 0.3 is 0 Å². The zero-order valence-electron chi connectivity index (χ0n) is 12.6. The number of nitrogens with zero attached hydrogens (tertiary/aromatic N) is 1. The summed E-state index contributed by atoms with van der Waals surface area (Å²) in [5.74, 6) is 0.593. The van der Waals surface area contributed by atoms with Gasteiger partial charge < -0.3 is 9.47 Å². The molecule has 0 radical (unpaired) electrons. The maximum absolute atomic E-state index is 12.5. The Kier molecular flexibility index (Phi) is 4.09. The number of amides is 2. The smallest absolute Gasteiger partial charge is 0.261 e. The van der Waals surface area contributed by atoms with E-state index in [4.69, 9.17) is 9.47 Å². The first-order chi connectivity index (χ1) is 11.1. The van der Waals surface area contributed by atoms with Gasteiger partial charge in [0.15, 0.2) is 0 Å². The number of hydrogen-bond acceptors (Lipinski definition) is 4. The van der Waals surface area contributed by atoms with Crippen LogP contribution in [-0.2, 0) is 6.54 Å². The quantitative estimate of drug-likeness (QED) is 0.769. The van der Waals surface area contributed by atoms with Gasteiger partial charge in [-0.15, -0.1) is 0 Å². The molecule has 6 heteroatoms. The van der Waals surface area contributed by atoms with Crippen molar-refractivity contribution in [3.05, 3.63) is 57.6 Å². The molecule has 0 saturated carbocycles.